The molecule has 0 fully saturated rings. The monoisotopic (exact) mass is 280 g/mol. The topological polar surface area (TPSA) is 126 Å². The normalized spacial score (nSPS) is 13.7. The molecule has 0 aliphatic carbocycles. The molecule has 0 saturated heterocycles. The standard InChI is InChI=1S/C9H20N4O4S/c1-6(10)18(15,16)13(5)7(11)12-8(14)17-9(2,3)4/h6H,10H2,1-5H3,(H2,11,12,14). The van der Waals surface area contributed by atoms with Gasteiger partial charge in [0.1, 0.15) is 11.0 Å². The summed E-state index contributed by atoms with van der Waals surface area (Å²) < 4.78 is 28.7. The third-order valence-electron chi connectivity index (χ3n) is 1.79. The summed E-state index contributed by atoms with van der Waals surface area (Å²) in [7, 11) is -2.73. The van der Waals surface area contributed by atoms with E-state index in [0.717, 1.165) is 7.05 Å². The van der Waals surface area contributed by atoms with Crippen molar-refractivity contribution in [3.8, 4) is 0 Å². The van der Waals surface area contributed by atoms with Crippen molar-refractivity contribution in [3.05, 3.63) is 0 Å². The maximum atomic E-state index is 11.6. The highest BCUT2D eigenvalue weighted by Crippen LogP contribution is 2.07. The molecule has 0 radical (unpaired) electrons. The molecule has 0 spiro atoms. The maximum Gasteiger partial charge on any atom is 0.414 e. The summed E-state index contributed by atoms with van der Waals surface area (Å²) in [6, 6.07) is 0. The van der Waals surface area contributed by atoms with Crippen LogP contribution in [0, 0.1) is 5.41 Å². The summed E-state index contributed by atoms with van der Waals surface area (Å²) in [4.78, 5) is 11.3. The van der Waals surface area contributed by atoms with Gasteiger partial charge in [-0.15, -0.1) is 0 Å². The molecule has 0 aromatic rings. The van der Waals surface area contributed by atoms with E-state index in [0.29, 0.717) is 4.31 Å². The number of nitrogens with zero attached hydrogens (tertiary/aromatic N) is 1. The molecule has 9 heteroatoms. The average Bonchev–Trinajstić information content (AvgIpc) is 2.12. The fraction of sp³-hybridized carbons (Fsp3) is 0.778. The van der Waals surface area contributed by atoms with Crippen LogP contribution in [0.1, 0.15) is 27.7 Å². The van der Waals surface area contributed by atoms with E-state index >= 15 is 0 Å². The van der Waals surface area contributed by atoms with Crippen LogP contribution in [-0.4, -0.2) is 42.8 Å². The number of carbonyl (C=O) groups is 1. The van der Waals surface area contributed by atoms with E-state index in [1.807, 2.05) is 5.32 Å². The molecular formula is C9H20N4O4S. The zero-order valence-electron chi connectivity index (χ0n) is 11.1. The highest BCUT2D eigenvalue weighted by molar-refractivity contribution is 7.90. The lowest BCUT2D eigenvalue weighted by Crippen LogP contribution is -2.49. The largest absolute Gasteiger partial charge is 0.444 e. The maximum absolute atomic E-state index is 11.6. The van der Waals surface area contributed by atoms with Crippen LogP contribution in [0.25, 0.3) is 0 Å². The fourth-order valence-corrected chi connectivity index (χ4v) is 1.65. The van der Waals surface area contributed by atoms with Crippen molar-refractivity contribution in [1.29, 1.82) is 5.41 Å². The van der Waals surface area contributed by atoms with Crippen LogP contribution in [-0.2, 0) is 14.8 Å². The number of alkyl carbamates (subject to hydrolysis) is 1. The predicted molar refractivity (Wildman–Crippen MR) is 67.4 cm³/mol. The molecule has 0 aromatic heterocycles. The molecule has 0 heterocycles. The van der Waals surface area contributed by atoms with Crippen LogP contribution >= 0.6 is 0 Å². The van der Waals surface area contributed by atoms with Crippen molar-refractivity contribution < 1.29 is 17.9 Å². The first-order valence-corrected chi connectivity index (χ1v) is 6.70. The average molecular weight is 280 g/mol. The molecule has 0 aliphatic heterocycles. The van der Waals surface area contributed by atoms with Gasteiger partial charge in [0.15, 0.2) is 0 Å². The number of carbonyl (C=O) groups excluding carboxylic acids is 1. The van der Waals surface area contributed by atoms with Gasteiger partial charge >= 0.3 is 6.09 Å². The second-order valence-corrected chi connectivity index (χ2v) is 7.01. The van der Waals surface area contributed by atoms with Gasteiger partial charge in [-0.3, -0.25) is 10.7 Å². The van der Waals surface area contributed by atoms with E-state index < -0.39 is 33.1 Å². The Balaban J connectivity index is 4.66. The molecule has 0 saturated carbocycles. The van der Waals surface area contributed by atoms with Crippen LogP contribution in [0.5, 0.6) is 0 Å². The Labute approximate surface area is 107 Å². The minimum atomic E-state index is -3.85. The second-order valence-electron chi connectivity index (χ2n) is 4.69. The number of ether oxygens (including phenoxy) is 1. The van der Waals surface area contributed by atoms with Gasteiger partial charge in [-0.25, -0.2) is 17.5 Å². The van der Waals surface area contributed by atoms with E-state index in [9.17, 15) is 13.2 Å². The summed E-state index contributed by atoms with van der Waals surface area (Å²) in [6.07, 6.45) is -0.903. The van der Waals surface area contributed by atoms with Crippen molar-refractivity contribution in [2.45, 2.75) is 38.7 Å². The Morgan fingerprint density at radius 1 is 1.44 bits per heavy atom. The van der Waals surface area contributed by atoms with Gasteiger partial charge in [0, 0.05) is 7.05 Å². The molecule has 0 aromatic carbocycles. The highest BCUT2D eigenvalue weighted by atomic mass is 32.2. The summed E-state index contributed by atoms with van der Waals surface area (Å²) in [5.41, 5.74) is 4.54. The van der Waals surface area contributed by atoms with Gasteiger partial charge in [0.05, 0.1) is 0 Å². The number of guanidine groups is 1. The minimum Gasteiger partial charge on any atom is -0.444 e. The number of hydrogen-bond acceptors (Lipinski definition) is 6. The smallest absolute Gasteiger partial charge is 0.414 e. The van der Waals surface area contributed by atoms with Gasteiger partial charge < -0.3 is 10.5 Å². The van der Waals surface area contributed by atoms with Gasteiger partial charge in [0.2, 0.25) is 5.96 Å². The molecule has 8 nitrogen and oxygen atoms in total. The van der Waals surface area contributed by atoms with Gasteiger partial charge in [0.25, 0.3) is 10.0 Å². The molecule has 1 atom stereocenters. The zero-order chi connectivity index (χ0) is 14.7. The van der Waals surface area contributed by atoms with Crippen molar-refractivity contribution in [2.24, 2.45) is 5.73 Å². The molecular weight excluding hydrogens is 260 g/mol. The van der Waals surface area contributed by atoms with E-state index in [2.05, 4.69) is 0 Å². The SMILES string of the molecule is CC(N)S(=O)(=O)N(C)C(=N)NC(=O)OC(C)(C)C. The predicted octanol–water partition coefficient (Wildman–Crippen LogP) is 0.0122. The summed E-state index contributed by atoms with van der Waals surface area (Å²) in [6.45, 7) is 6.22. The fourth-order valence-electron chi connectivity index (χ4n) is 0.856. The van der Waals surface area contributed by atoms with Crippen LogP contribution in [0.15, 0.2) is 0 Å². The minimum absolute atomic E-state index is 0.585. The van der Waals surface area contributed by atoms with Crippen molar-refractivity contribution in [1.82, 2.24) is 9.62 Å². The molecule has 18 heavy (non-hydrogen) atoms. The first-order chi connectivity index (χ1) is 7.88. The molecule has 0 aliphatic rings. The summed E-state index contributed by atoms with van der Waals surface area (Å²) in [5.74, 6) is -0.624. The Kier molecular flexibility index (Phi) is 5.11. The molecule has 4 N–H and O–H groups in total. The third-order valence-corrected chi connectivity index (χ3v) is 3.67. The molecule has 0 bridgehead atoms. The Morgan fingerprint density at radius 3 is 2.22 bits per heavy atom. The lowest BCUT2D eigenvalue weighted by atomic mass is 10.2. The van der Waals surface area contributed by atoms with E-state index in [-0.39, 0.29) is 0 Å². The summed E-state index contributed by atoms with van der Waals surface area (Å²) >= 11 is 0. The Hall–Kier alpha value is -1.35. The lowest BCUT2D eigenvalue weighted by molar-refractivity contribution is 0.0559. The molecule has 0 rings (SSSR count). The zero-order valence-corrected chi connectivity index (χ0v) is 12.0. The molecule has 106 valence electrons. The number of nitrogens with two attached hydrogens (primary N) is 1. The quantitative estimate of drug-likeness (QED) is 0.485. The van der Waals surface area contributed by atoms with E-state index in [1.165, 1.54) is 6.92 Å². The second kappa shape index (κ2) is 5.53. The number of sulfonamides is 1. The number of hydrogen-bond donors (Lipinski definition) is 3. The highest BCUT2D eigenvalue weighted by Gasteiger charge is 2.27. The number of amides is 1. The van der Waals surface area contributed by atoms with E-state index in [4.69, 9.17) is 15.9 Å². The molecule has 1 amide bonds. The number of rotatable bonds is 2. The van der Waals surface area contributed by atoms with Crippen LogP contribution < -0.4 is 11.1 Å². The van der Waals surface area contributed by atoms with E-state index in [1.54, 1.807) is 20.8 Å². The number of nitrogens with one attached hydrogen (secondary N) is 2. The third kappa shape index (κ3) is 4.88. The van der Waals surface area contributed by atoms with Crippen LogP contribution in [0.4, 0.5) is 4.79 Å². The molecule has 1 unspecified atom stereocenters. The first-order valence-electron chi connectivity index (χ1n) is 5.20. The van der Waals surface area contributed by atoms with Crippen LogP contribution in [0.2, 0.25) is 0 Å². The van der Waals surface area contributed by atoms with Gasteiger partial charge in [-0.1, -0.05) is 0 Å². The Morgan fingerprint density at radius 2 is 1.89 bits per heavy atom. The van der Waals surface area contributed by atoms with Crippen molar-refractivity contribution in [3.63, 3.8) is 0 Å². The van der Waals surface area contributed by atoms with Gasteiger partial charge in [-0.05, 0) is 27.7 Å². The van der Waals surface area contributed by atoms with Crippen molar-refractivity contribution in [2.75, 3.05) is 7.05 Å². The van der Waals surface area contributed by atoms with Crippen LogP contribution in [0.3, 0.4) is 0 Å². The summed E-state index contributed by atoms with van der Waals surface area (Å²) in [5, 5.41) is 8.29. The first kappa shape index (κ1) is 16.6. The van der Waals surface area contributed by atoms with Gasteiger partial charge in [-0.2, -0.15) is 0 Å². The van der Waals surface area contributed by atoms with Crippen molar-refractivity contribution >= 4 is 22.1 Å². The Bertz CT molecular complexity index is 424. The lowest BCUT2D eigenvalue weighted by Gasteiger charge is -2.24.